The molecule has 4 nitrogen and oxygen atoms in total. The number of pyridine rings is 1. The summed E-state index contributed by atoms with van der Waals surface area (Å²) >= 11 is 0. The fourth-order valence-corrected chi connectivity index (χ4v) is 1.81. The van der Waals surface area contributed by atoms with Gasteiger partial charge in [-0.25, -0.2) is 4.79 Å². The van der Waals surface area contributed by atoms with E-state index in [2.05, 4.69) is 17.2 Å². The Morgan fingerprint density at radius 2 is 2.05 bits per heavy atom. The third kappa shape index (κ3) is 3.10. The molecule has 0 unspecified atom stereocenters. The number of carboxylic acid groups (broad SMARTS) is 1. The lowest BCUT2D eigenvalue weighted by atomic mass is 10.1. The maximum atomic E-state index is 11.1. The smallest absolute Gasteiger partial charge is 0.337 e. The first-order valence-electron chi connectivity index (χ1n) is 6.06. The molecule has 0 saturated heterocycles. The third-order valence-corrected chi connectivity index (χ3v) is 3.09. The molecule has 0 bridgehead atoms. The minimum Gasteiger partial charge on any atom is -0.478 e. The molecule has 4 heteroatoms. The molecule has 2 N–H and O–H groups in total. The standard InChI is InChI=1S/C15H16N2O2/c1-10-5-6-12(8-11(10)2)17-9-14-13(15(18)19)4-3-7-16-14/h3-8,17H,9H2,1-2H3,(H,18,19). The van der Waals surface area contributed by atoms with Crippen LogP contribution in [-0.2, 0) is 6.54 Å². The molecular formula is C15H16N2O2. The van der Waals surface area contributed by atoms with Crippen LogP contribution in [0.1, 0.15) is 27.2 Å². The fourth-order valence-electron chi connectivity index (χ4n) is 1.81. The molecule has 98 valence electrons. The van der Waals surface area contributed by atoms with Crippen LogP contribution in [0, 0.1) is 13.8 Å². The Morgan fingerprint density at radius 1 is 1.26 bits per heavy atom. The Labute approximate surface area is 112 Å². The van der Waals surface area contributed by atoms with Crippen molar-refractivity contribution in [1.82, 2.24) is 4.98 Å². The summed E-state index contributed by atoms with van der Waals surface area (Å²) in [7, 11) is 0. The number of hydrogen-bond donors (Lipinski definition) is 2. The van der Waals surface area contributed by atoms with Crippen molar-refractivity contribution < 1.29 is 9.90 Å². The predicted octanol–water partition coefficient (Wildman–Crippen LogP) is 3.01. The molecule has 0 amide bonds. The van der Waals surface area contributed by atoms with Crippen molar-refractivity contribution in [3.05, 3.63) is 58.9 Å². The highest BCUT2D eigenvalue weighted by atomic mass is 16.4. The molecule has 0 saturated carbocycles. The van der Waals surface area contributed by atoms with Gasteiger partial charge in [-0.1, -0.05) is 6.07 Å². The number of hydrogen-bond acceptors (Lipinski definition) is 3. The van der Waals surface area contributed by atoms with Gasteiger partial charge >= 0.3 is 5.97 Å². The van der Waals surface area contributed by atoms with E-state index in [1.165, 1.54) is 11.1 Å². The molecule has 1 aromatic carbocycles. The summed E-state index contributed by atoms with van der Waals surface area (Å²) in [6.07, 6.45) is 1.60. The number of aromatic nitrogens is 1. The van der Waals surface area contributed by atoms with Gasteiger partial charge < -0.3 is 10.4 Å². The van der Waals surface area contributed by atoms with Crippen LogP contribution in [-0.4, -0.2) is 16.1 Å². The van der Waals surface area contributed by atoms with Crippen LogP contribution in [0.4, 0.5) is 5.69 Å². The maximum absolute atomic E-state index is 11.1. The Hall–Kier alpha value is -2.36. The quantitative estimate of drug-likeness (QED) is 0.882. The molecule has 0 aliphatic heterocycles. The second-order valence-corrected chi connectivity index (χ2v) is 4.46. The summed E-state index contributed by atoms with van der Waals surface area (Å²) in [5.41, 5.74) is 4.16. The topological polar surface area (TPSA) is 62.2 Å². The van der Waals surface area contributed by atoms with Crippen molar-refractivity contribution in [2.45, 2.75) is 20.4 Å². The second kappa shape index (κ2) is 5.52. The molecule has 0 radical (unpaired) electrons. The van der Waals surface area contributed by atoms with Crippen molar-refractivity contribution in [1.29, 1.82) is 0 Å². The molecule has 0 aliphatic carbocycles. The van der Waals surface area contributed by atoms with Crippen LogP contribution in [0.3, 0.4) is 0 Å². The highest BCUT2D eigenvalue weighted by Gasteiger charge is 2.09. The lowest BCUT2D eigenvalue weighted by Gasteiger charge is -2.09. The highest BCUT2D eigenvalue weighted by molar-refractivity contribution is 5.88. The molecule has 2 aromatic rings. The number of carbonyl (C=O) groups is 1. The van der Waals surface area contributed by atoms with Gasteiger partial charge in [0.2, 0.25) is 0 Å². The van der Waals surface area contributed by atoms with Crippen LogP contribution in [0.15, 0.2) is 36.5 Å². The van der Waals surface area contributed by atoms with Crippen molar-refractivity contribution in [2.24, 2.45) is 0 Å². The average Bonchev–Trinajstić information content (AvgIpc) is 2.40. The minimum absolute atomic E-state index is 0.235. The average molecular weight is 256 g/mol. The predicted molar refractivity (Wildman–Crippen MR) is 74.4 cm³/mol. The van der Waals surface area contributed by atoms with Gasteiger partial charge in [0.15, 0.2) is 0 Å². The van der Waals surface area contributed by atoms with E-state index in [9.17, 15) is 4.79 Å². The Kier molecular flexibility index (Phi) is 3.80. The normalized spacial score (nSPS) is 10.2. The molecule has 0 aliphatic rings. The zero-order valence-electron chi connectivity index (χ0n) is 11.0. The monoisotopic (exact) mass is 256 g/mol. The number of nitrogens with zero attached hydrogens (tertiary/aromatic N) is 1. The van der Waals surface area contributed by atoms with Crippen LogP contribution < -0.4 is 5.32 Å². The molecular weight excluding hydrogens is 240 g/mol. The van der Waals surface area contributed by atoms with Crippen LogP contribution >= 0.6 is 0 Å². The first-order chi connectivity index (χ1) is 9.08. The minimum atomic E-state index is -0.954. The molecule has 19 heavy (non-hydrogen) atoms. The van der Waals surface area contributed by atoms with Gasteiger partial charge in [0, 0.05) is 11.9 Å². The van der Waals surface area contributed by atoms with E-state index in [-0.39, 0.29) is 5.56 Å². The summed E-state index contributed by atoms with van der Waals surface area (Å²) in [5, 5.41) is 12.3. The van der Waals surface area contributed by atoms with Gasteiger partial charge in [-0.15, -0.1) is 0 Å². The SMILES string of the molecule is Cc1ccc(NCc2ncccc2C(=O)O)cc1C. The van der Waals surface area contributed by atoms with Crippen molar-refractivity contribution in [3.63, 3.8) is 0 Å². The number of aromatic carboxylic acids is 1. The van der Waals surface area contributed by atoms with E-state index in [1.807, 2.05) is 25.1 Å². The molecule has 1 heterocycles. The number of aryl methyl sites for hydroxylation is 2. The van der Waals surface area contributed by atoms with E-state index in [0.717, 1.165) is 5.69 Å². The number of anilines is 1. The summed E-state index contributed by atoms with van der Waals surface area (Å²) in [5.74, 6) is -0.954. The van der Waals surface area contributed by atoms with E-state index in [0.29, 0.717) is 12.2 Å². The van der Waals surface area contributed by atoms with Gasteiger partial charge in [-0.2, -0.15) is 0 Å². The zero-order chi connectivity index (χ0) is 13.8. The zero-order valence-corrected chi connectivity index (χ0v) is 11.0. The van der Waals surface area contributed by atoms with Crippen molar-refractivity contribution in [2.75, 3.05) is 5.32 Å². The first-order valence-corrected chi connectivity index (χ1v) is 6.06. The van der Waals surface area contributed by atoms with Crippen molar-refractivity contribution in [3.8, 4) is 0 Å². The van der Waals surface area contributed by atoms with E-state index < -0.39 is 5.97 Å². The number of nitrogens with one attached hydrogen (secondary N) is 1. The van der Waals surface area contributed by atoms with Gasteiger partial charge in [-0.05, 0) is 49.2 Å². The van der Waals surface area contributed by atoms with Crippen molar-refractivity contribution >= 4 is 11.7 Å². The number of carboxylic acids is 1. The molecule has 0 spiro atoms. The van der Waals surface area contributed by atoms with Gasteiger partial charge in [0.05, 0.1) is 17.8 Å². The summed E-state index contributed by atoms with van der Waals surface area (Å²) in [4.78, 5) is 15.2. The second-order valence-electron chi connectivity index (χ2n) is 4.46. The summed E-state index contributed by atoms with van der Waals surface area (Å²) in [6, 6.07) is 9.24. The molecule has 0 fully saturated rings. The van der Waals surface area contributed by atoms with E-state index >= 15 is 0 Å². The van der Waals surface area contributed by atoms with Crippen LogP contribution in [0.25, 0.3) is 0 Å². The van der Waals surface area contributed by atoms with Crippen LogP contribution in [0.5, 0.6) is 0 Å². The molecule has 0 atom stereocenters. The fraction of sp³-hybridized carbons (Fsp3) is 0.200. The highest BCUT2D eigenvalue weighted by Crippen LogP contribution is 2.15. The lowest BCUT2D eigenvalue weighted by Crippen LogP contribution is -2.09. The Morgan fingerprint density at radius 3 is 2.74 bits per heavy atom. The third-order valence-electron chi connectivity index (χ3n) is 3.09. The van der Waals surface area contributed by atoms with Gasteiger partial charge in [0.1, 0.15) is 0 Å². The first kappa shape index (κ1) is 13.1. The lowest BCUT2D eigenvalue weighted by molar-refractivity contribution is 0.0695. The number of benzene rings is 1. The summed E-state index contributed by atoms with van der Waals surface area (Å²) < 4.78 is 0. The Bertz CT molecular complexity index is 609. The van der Waals surface area contributed by atoms with Crippen LogP contribution in [0.2, 0.25) is 0 Å². The van der Waals surface area contributed by atoms with E-state index in [4.69, 9.17) is 5.11 Å². The Balaban J connectivity index is 2.14. The largest absolute Gasteiger partial charge is 0.478 e. The van der Waals surface area contributed by atoms with Gasteiger partial charge in [0.25, 0.3) is 0 Å². The summed E-state index contributed by atoms with van der Waals surface area (Å²) in [6.45, 7) is 4.50. The van der Waals surface area contributed by atoms with Gasteiger partial charge in [-0.3, -0.25) is 4.98 Å². The van der Waals surface area contributed by atoms with E-state index in [1.54, 1.807) is 18.3 Å². The maximum Gasteiger partial charge on any atom is 0.337 e. The molecule has 1 aromatic heterocycles. The molecule has 2 rings (SSSR count). The number of rotatable bonds is 4.